The van der Waals surface area contributed by atoms with E-state index >= 15 is 0 Å². The zero-order valence-electron chi connectivity index (χ0n) is 14.5. The van der Waals surface area contributed by atoms with E-state index in [-0.39, 0.29) is 36.2 Å². The van der Waals surface area contributed by atoms with Gasteiger partial charge in [-0.15, -0.1) is 0 Å². The molecule has 3 N–H and O–H groups in total. The molecule has 2 atom stereocenters. The molecule has 1 heterocycles. The molecular formula is C16H21N3O6S. The Kier molecular flexibility index (Phi) is 5.67. The summed E-state index contributed by atoms with van der Waals surface area (Å²) in [4.78, 5) is 38.2. The van der Waals surface area contributed by atoms with Gasteiger partial charge in [-0.25, -0.2) is 13.6 Å². The molecule has 0 aromatic heterocycles. The number of carboxylic acid groups (broad SMARTS) is 1. The molecule has 0 aliphatic carbocycles. The molecule has 0 saturated carbocycles. The third kappa shape index (κ3) is 4.38. The van der Waals surface area contributed by atoms with Gasteiger partial charge in [0, 0.05) is 32.2 Å². The number of rotatable bonds is 6. The van der Waals surface area contributed by atoms with Gasteiger partial charge < -0.3 is 14.9 Å². The molecule has 2 amide bonds. The number of benzene rings is 1. The molecule has 0 radical (unpaired) electrons. The van der Waals surface area contributed by atoms with Gasteiger partial charge in [0.1, 0.15) is 0 Å². The van der Waals surface area contributed by atoms with Gasteiger partial charge in [0.05, 0.1) is 16.7 Å². The number of carboxylic acids is 1. The van der Waals surface area contributed by atoms with Crippen molar-refractivity contribution in [1.29, 1.82) is 0 Å². The largest absolute Gasteiger partial charge is 0.481 e. The van der Waals surface area contributed by atoms with Crippen molar-refractivity contribution < 1.29 is 27.9 Å². The zero-order chi connectivity index (χ0) is 19.6. The highest BCUT2D eigenvalue weighted by molar-refractivity contribution is 7.89. The minimum Gasteiger partial charge on any atom is -0.481 e. The van der Waals surface area contributed by atoms with E-state index in [2.05, 4.69) is 0 Å². The highest BCUT2D eigenvalue weighted by atomic mass is 32.2. The van der Waals surface area contributed by atoms with Crippen molar-refractivity contribution in [2.24, 2.45) is 17.0 Å². The van der Waals surface area contributed by atoms with Crippen LogP contribution in [0.1, 0.15) is 13.3 Å². The van der Waals surface area contributed by atoms with Gasteiger partial charge in [-0.3, -0.25) is 14.4 Å². The molecule has 1 aromatic rings. The number of primary sulfonamides is 1. The van der Waals surface area contributed by atoms with E-state index in [1.54, 1.807) is 6.07 Å². The Morgan fingerprint density at radius 1 is 1.42 bits per heavy atom. The Morgan fingerprint density at radius 3 is 2.65 bits per heavy atom. The summed E-state index contributed by atoms with van der Waals surface area (Å²) in [6.45, 7) is 1.63. The smallest absolute Gasteiger partial charge is 0.308 e. The minimum absolute atomic E-state index is 0.0236. The molecule has 1 aliphatic rings. The number of anilines is 1. The van der Waals surface area contributed by atoms with Crippen molar-refractivity contribution in [3.05, 3.63) is 24.3 Å². The first-order chi connectivity index (χ1) is 12.0. The molecule has 2 rings (SSSR count). The van der Waals surface area contributed by atoms with Gasteiger partial charge >= 0.3 is 5.97 Å². The summed E-state index contributed by atoms with van der Waals surface area (Å²) in [6, 6.07) is 5.65. The van der Waals surface area contributed by atoms with Gasteiger partial charge in [-0.2, -0.15) is 0 Å². The van der Waals surface area contributed by atoms with E-state index in [0.717, 1.165) is 0 Å². The summed E-state index contributed by atoms with van der Waals surface area (Å²) in [6.07, 6.45) is -0.0236. The van der Waals surface area contributed by atoms with Crippen molar-refractivity contribution in [1.82, 2.24) is 4.90 Å². The number of nitrogens with two attached hydrogens (primary N) is 1. The fourth-order valence-corrected chi connectivity index (χ4v) is 3.39. The van der Waals surface area contributed by atoms with Gasteiger partial charge in [0.15, 0.2) is 0 Å². The first kappa shape index (κ1) is 19.9. The molecule has 0 spiro atoms. The number of amides is 2. The van der Waals surface area contributed by atoms with E-state index in [4.69, 9.17) is 10.2 Å². The number of aliphatic carboxylic acids is 1. The molecular weight excluding hydrogens is 362 g/mol. The summed E-state index contributed by atoms with van der Waals surface area (Å²) < 4.78 is 22.9. The van der Waals surface area contributed by atoms with Crippen molar-refractivity contribution in [3.63, 3.8) is 0 Å². The van der Waals surface area contributed by atoms with Crippen molar-refractivity contribution >= 4 is 33.5 Å². The van der Waals surface area contributed by atoms with Gasteiger partial charge in [-0.1, -0.05) is 13.0 Å². The number of carbonyl (C=O) groups is 3. The summed E-state index contributed by atoms with van der Waals surface area (Å²) in [7, 11) is -2.41. The summed E-state index contributed by atoms with van der Waals surface area (Å²) in [5.74, 6) is -2.98. The van der Waals surface area contributed by atoms with Crippen LogP contribution in [0.2, 0.25) is 0 Å². The number of hydrogen-bond donors (Lipinski definition) is 2. The lowest BCUT2D eigenvalue weighted by Gasteiger charge is -2.23. The quantitative estimate of drug-likeness (QED) is 0.701. The van der Waals surface area contributed by atoms with Crippen molar-refractivity contribution in [2.75, 3.05) is 25.0 Å². The van der Waals surface area contributed by atoms with Crippen LogP contribution >= 0.6 is 0 Å². The Morgan fingerprint density at radius 2 is 2.08 bits per heavy atom. The second-order valence-electron chi connectivity index (χ2n) is 6.41. The van der Waals surface area contributed by atoms with Crippen LogP contribution in [0.4, 0.5) is 5.69 Å². The molecule has 1 aromatic carbocycles. The van der Waals surface area contributed by atoms with Gasteiger partial charge in [0.25, 0.3) is 0 Å². The standard InChI is InChI=1S/C16H21N3O6S/c1-10(16(22)23)8-18(2)15(21)11-6-14(20)19(9-11)12-4-3-5-13(7-12)26(17,24)25/h3-5,7,10-11H,6,8-9H2,1-2H3,(H,22,23)(H2,17,24,25). The van der Waals surface area contributed by atoms with Crippen molar-refractivity contribution in [3.8, 4) is 0 Å². The van der Waals surface area contributed by atoms with E-state index < -0.39 is 27.8 Å². The Balaban J connectivity index is 2.13. The van der Waals surface area contributed by atoms with Crippen LogP contribution < -0.4 is 10.0 Å². The lowest BCUT2D eigenvalue weighted by Crippen LogP contribution is -2.38. The van der Waals surface area contributed by atoms with Crippen LogP contribution in [-0.4, -0.2) is 56.3 Å². The van der Waals surface area contributed by atoms with Crippen LogP contribution in [0.3, 0.4) is 0 Å². The summed E-state index contributed by atoms with van der Waals surface area (Å²) in [5, 5.41) is 14.0. The SMILES string of the molecule is CC(CN(C)C(=O)C1CC(=O)N(c2cccc(S(N)(=O)=O)c2)C1)C(=O)O. The molecule has 26 heavy (non-hydrogen) atoms. The van der Waals surface area contributed by atoms with Gasteiger partial charge in [0.2, 0.25) is 21.8 Å². The van der Waals surface area contributed by atoms with E-state index in [1.165, 1.54) is 42.0 Å². The fourth-order valence-electron chi connectivity index (χ4n) is 2.84. The number of sulfonamides is 1. The average molecular weight is 383 g/mol. The Bertz CT molecular complexity index is 838. The van der Waals surface area contributed by atoms with Gasteiger partial charge in [-0.05, 0) is 18.2 Å². The van der Waals surface area contributed by atoms with E-state index in [1.807, 2.05) is 0 Å². The van der Waals surface area contributed by atoms with Crippen LogP contribution in [0.5, 0.6) is 0 Å². The molecule has 10 heteroatoms. The highest BCUT2D eigenvalue weighted by Crippen LogP contribution is 2.27. The maximum absolute atomic E-state index is 12.5. The molecule has 9 nitrogen and oxygen atoms in total. The second kappa shape index (κ2) is 7.42. The van der Waals surface area contributed by atoms with Crippen LogP contribution in [-0.2, 0) is 24.4 Å². The summed E-state index contributed by atoms with van der Waals surface area (Å²) in [5.41, 5.74) is 0.346. The topological polar surface area (TPSA) is 138 Å². The van der Waals surface area contributed by atoms with Crippen LogP contribution in [0, 0.1) is 11.8 Å². The molecule has 1 aliphatic heterocycles. The second-order valence-corrected chi connectivity index (χ2v) is 7.97. The molecule has 2 unspecified atom stereocenters. The monoisotopic (exact) mass is 383 g/mol. The molecule has 1 saturated heterocycles. The fraction of sp³-hybridized carbons (Fsp3) is 0.438. The first-order valence-electron chi connectivity index (χ1n) is 7.91. The lowest BCUT2D eigenvalue weighted by molar-refractivity contribution is -0.143. The third-order valence-corrected chi connectivity index (χ3v) is 5.19. The zero-order valence-corrected chi connectivity index (χ0v) is 15.3. The predicted molar refractivity (Wildman–Crippen MR) is 92.7 cm³/mol. The van der Waals surface area contributed by atoms with Crippen LogP contribution in [0.25, 0.3) is 0 Å². The highest BCUT2D eigenvalue weighted by Gasteiger charge is 2.37. The Labute approximate surface area is 151 Å². The summed E-state index contributed by atoms with van der Waals surface area (Å²) >= 11 is 0. The number of hydrogen-bond acceptors (Lipinski definition) is 5. The number of carbonyl (C=O) groups excluding carboxylic acids is 2. The molecule has 1 fully saturated rings. The van der Waals surface area contributed by atoms with Crippen LogP contribution in [0.15, 0.2) is 29.2 Å². The average Bonchev–Trinajstić information content (AvgIpc) is 2.95. The van der Waals surface area contributed by atoms with E-state index in [0.29, 0.717) is 5.69 Å². The van der Waals surface area contributed by atoms with E-state index in [9.17, 15) is 22.8 Å². The third-order valence-electron chi connectivity index (χ3n) is 4.28. The normalized spacial score (nSPS) is 18.7. The lowest BCUT2D eigenvalue weighted by atomic mass is 10.1. The molecule has 142 valence electrons. The predicted octanol–water partition coefficient (Wildman–Crippen LogP) is -0.134. The van der Waals surface area contributed by atoms with Crippen molar-refractivity contribution in [2.45, 2.75) is 18.2 Å². The maximum Gasteiger partial charge on any atom is 0.308 e. The molecule has 0 bridgehead atoms. The maximum atomic E-state index is 12.5. The number of nitrogens with zero attached hydrogens (tertiary/aromatic N) is 2. The minimum atomic E-state index is -3.91. The first-order valence-corrected chi connectivity index (χ1v) is 9.46. The Hall–Kier alpha value is -2.46.